The second-order valence-corrected chi connectivity index (χ2v) is 8.43. The molecule has 1 saturated heterocycles. The van der Waals surface area contributed by atoms with Gasteiger partial charge < -0.3 is 19.5 Å². The lowest BCUT2D eigenvalue weighted by Crippen LogP contribution is -2.48. The van der Waals surface area contributed by atoms with E-state index in [0.29, 0.717) is 24.4 Å². The molecular formula is C22H25N3O4. The average molecular weight is 395 g/mol. The molecule has 2 unspecified atom stereocenters. The quantitative estimate of drug-likeness (QED) is 0.845. The van der Waals surface area contributed by atoms with Gasteiger partial charge in [-0.3, -0.25) is 9.59 Å². The molecule has 2 fully saturated rings. The minimum Gasteiger partial charge on any atom is -0.477 e. The van der Waals surface area contributed by atoms with Crippen molar-refractivity contribution in [2.75, 3.05) is 31.1 Å². The highest BCUT2D eigenvalue weighted by Gasteiger charge is 2.39. The van der Waals surface area contributed by atoms with Gasteiger partial charge in [0.05, 0.1) is 5.52 Å². The number of pyridine rings is 1. The smallest absolute Gasteiger partial charge is 0.341 e. The van der Waals surface area contributed by atoms with E-state index >= 15 is 0 Å². The lowest BCUT2D eigenvalue weighted by molar-refractivity contribution is -0.129. The topological polar surface area (TPSA) is 82.8 Å². The standard InChI is InChI=1S/C22H25N3O4/c1-13(26)23-8-10-24(11-9-23)18-7-6-15-20-19(18)14-4-2-3-5-17(14)25(20)12-16(21(15)27)22(28)29/h6-7,12,14,17H,2-5,8-11H2,1H3,(H,28,29). The molecular weight excluding hydrogens is 370 g/mol. The summed E-state index contributed by atoms with van der Waals surface area (Å²) in [6.45, 7) is 4.55. The molecule has 3 heterocycles. The number of rotatable bonds is 2. The first kappa shape index (κ1) is 18.2. The van der Waals surface area contributed by atoms with E-state index in [4.69, 9.17) is 0 Å². The van der Waals surface area contributed by atoms with Gasteiger partial charge in [-0.25, -0.2) is 4.79 Å². The molecule has 0 spiro atoms. The first-order valence-corrected chi connectivity index (χ1v) is 10.4. The number of aromatic nitrogens is 1. The highest BCUT2D eigenvalue weighted by Crippen LogP contribution is 2.52. The third kappa shape index (κ3) is 2.67. The Kier molecular flexibility index (Phi) is 4.15. The third-order valence-electron chi connectivity index (χ3n) is 6.96. The van der Waals surface area contributed by atoms with Crippen LogP contribution in [0.1, 0.15) is 60.5 Å². The monoisotopic (exact) mass is 395 g/mol. The molecule has 2 atom stereocenters. The van der Waals surface area contributed by atoms with Crippen LogP contribution in [0.2, 0.25) is 0 Å². The number of fused-ring (bicyclic) bond motifs is 3. The summed E-state index contributed by atoms with van der Waals surface area (Å²) in [6, 6.07) is 4.02. The van der Waals surface area contributed by atoms with Crippen molar-refractivity contribution < 1.29 is 14.7 Å². The fraction of sp³-hybridized carbons (Fsp3) is 0.500. The highest BCUT2D eigenvalue weighted by atomic mass is 16.4. The molecule has 1 aromatic carbocycles. The molecule has 29 heavy (non-hydrogen) atoms. The third-order valence-corrected chi connectivity index (χ3v) is 6.96. The molecule has 7 nitrogen and oxygen atoms in total. The lowest BCUT2D eigenvalue weighted by atomic mass is 9.81. The molecule has 1 N–H and O–H groups in total. The van der Waals surface area contributed by atoms with Gasteiger partial charge in [-0.15, -0.1) is 0 Å². The fourth-order valence-electron chi connectivity index (χ4n) is 5.56. The lowest BCUT2D eigenvalue weighted by Gasteiger charge is -2.37. The molecule has 2 aliphatic heterocycles. The predicted molar refractivity (Wildman–Crippen MR) is 110 cm³/mol. The SMILES string of the molecule is CC(=O)N1CCN(c2ccc3c(=O)c(C(=O)O)cn4c3c2C2CCCCC24)CC1. The average Bonchev–Trinajstić information content (AvgIpc) is 3.05. The van der Waals surface area contributed by atoms with Gasteiger partial charge in [0.1, 0.15) is 5.56 Å². The van der Waals surface area contributed by atoms with Crippen LogP contribution in [-0.2, 0) is 4.79 Å². The summed E-state index contributed by atoms with van der Waals surface area (Å²) in [4.78, 5) is 40.4. The Hall–Kier alpha value is -2.83. The van der Waals surface area contributed by atoms with Crippen LogP contribution in [0, 0.1) is 0 Å². The van der Waals surface area contributed by atoms with E-state index in [1.165, 1.54) is 5.56 Å². The first-order chi connectivity index (χ1) is 14.0. The number of nitrogens with zero attached hydrogens (tertiary/aromatic N) is 3. The predicted octanol–water partition coefficient (Wildman–Crippen LogP) is 2.58. The number of carbonyl (C=O) groups is 2. The normalized spacial score (nSPS) is 23.3. The summed E-state index contributed by atoms with van der Waals surface area (Å²) < 4.78 is 2.08. The molecule has 1 amide bonds. The van der Waals surface area contributed by atoms with E-state index in [9.17, 15) is 19.5 Å². The molecule has 152 valence electrons. The summed E-state index contributed by atoms with van der Waals surface area (Å²) in [5, 5.41) is 10.0. The number of hydrogen-bond donors (Lipinski definition) is 1. The van der Waals surface area contributed by atoms with Crippen LogP contribution in [0.4, 0.5) is 5.69 Å². The van der Waals surface area contributed by atoms with E-state index in [-0.39, 0.29) is 17.5 Å². The van der Waals surface area contributed by atoms with Gasteiger partial charge in [0.25, 0.3) is 0 Å². The summed E-state index contributed by atoms with van der Waals surface area (Å²) >= 11 is 0. The van der Waals surface area contributed by atoms with Gasteiger partial charge in [-0.05, 0) is 25.0 Å². The molecule has 7 heteroatoms. The van der Waals surface area contributed by atoms with Gasteiger partial charge in [0, 0.05) is 67.9 Å². The fourth-order valence-corrected chi connectivity index (χ4v) is 5.56. The van der Waals surface area contributed by atoms with Gasteiger partial charge in [-0.2, -0.15) is 0 Å². The summed E-state index contributed by atoms with van der Waals surface area (Å²) in [6.07, 6.45) is 5.91. The number of piperazine rings is 1. The molecule has 5 rings (SSSR count). The maximum atomic E-state index is 12.9. The van der Waals surface area contributed by atoms with Crippen molar-refractivity contribution in [1.82, 2.24) is 9.47 Å². The zero-order valence-corrected chi connectivity index (χ0v) is 16.6. The van der Waals surface area contributed by atoms with E-state index in [1.54, 1.807) is 19.2 Å². The molecule has 1 saturated carbocycles. The molecule has 2 aromatic rings. The Morgan fingerprint density at radius 3 is 2.48 bits per heavy atom. The van der Waals surface area contributed by atoms with Crippen LogP contribution in [0.3, 0.4) is 0 Å². The Bertz CT molecular complexity index is 1080. The molecule has 0 radical (unpaired) electrons. The maximum absolute atomic E-state index is 12.9. The zero-order valence-electron chi connectivity index (χ0n) is 16.6. The second kappa shape index (κ2) is 6.61. The van der Waals surface area contributed by atoms with Crippen LogP contribution < -0.4 is 10.3 Å². The van der Waals surface area contributed by atoms with Gasteiger partial charge >= 0.3 is 5.97 Å². The van der Waals surface area contributed by atoms with Crippen LogP contribution in [0.25, 0.3) is 10.9 Å². The van der Waals surface area contributed by atoms with Crippen molar-refractivity contribution in [1.29, 1.82) is 0 Å². The van der Waals surface area contributed by atoms with Crippen LogP contribution in [0.15, 0.2) is 23.1 Å². The van der Waals surface area contributed by atoms with Gasteiger partial charge in [0.2, 0.25) is 11.3 Å². The van der Waals surface area contributed by atoms with Crippen LogP contribution >= 0.6 is 0 Å². The van der Waals surface area contributed by atoms with Crippen LogP contribution in [0.5, 0.6) is 0 Å². The number of carbonyl (C=O) groups excluding carboxylic acids is 1. The van der Waals surface area contributed by atoms with Crippen molar-refractivity contribution in [2.24, 2.45) is 0 Å². The number of benzene rings is 1. The number of hydrogen-bond acceptors (Lipinski definition) is 4. The van der Waals surface area contributed by atoms with E-state index in [0.717, 1.165) is 50.0 Å². The maximum Gasteiger partial charge on any atom is 0.341 e. The van der Waals surface area contributed by atoms with E-state index in [2.05, 4.69) is 9.47 Å². The number of carboxylic acids is 1. The Morgan fingerprint density at radius 2 is 1.79 bits per heavy atom. The first-order valence-electron chi connectivity index (χ1n) is 10.4. The number of anilines is 1. The van der Waals surface area contributed by atoms with E-state index < -0.39 is 11.4 Å². The van der Waals surface area contributed by atoms with Crippen molar-refractivity contribution in [2.45, 2.75) is 44.6 Å². The minimum absolute atomic E-state index is 0.107. The number of amides is 1. The second-order valence-electron chi connectivity index (χ2n) is 8.43. The Balaban J connectivity index is 1.67. The number of carboxylic acid groups (broad SMARTS) is 1. The largest absolute Gasteiger partial charge is 0.477 e. The van der Waals surface area contributed by atoms with Crippen molar-refractivity contribution in [3.05, 3.63) is 39.7 Å². The molecule has 3 aliphatic rings. The number of aromatic carboxylic acids is 1. The van der Waals surface area contributed by atoms with E-state index in [1.807, 2.05) is 11.0 Å². The molecule has 0 bridgehead atoms. The van der Waals surface area contributed by atoms with Crippen LogP contribution in [-0.4, -0.2) is 52.6 Å². The highest BCUT2D eigenvalue weighted by molar-refractivity contribution is 5.96. The van der Waals surface area contributed by atoms with Crippen molar-refractivity contribution in [3.8, 4) is 0 Å². The molecule has 1 aliphatic carbocycles. The zero-order chi connectivity index (χ0) is 20.3. The molecule has 1 aromatic heterocycles. The van der Waals surface area contributed by atoms with Crippen molar-refractivity contribution in [3.63, 3.8) is 0 Å². The minimum atomic E-state index is -1.16. The van der Waals surface area contributed by atoms with Crippen molar-refractivity contribution >= 4 is 28.5 Å². The summed E-state index contributed by atoms with van der Waals surface area (Å²) in [7, 11) is 0. The summed E-state index contributed by atoms with van der Waals surface area (Å²) in [5.41, 5.74) is 2.74. The Morgan fingerprint density at radius 1 is 1.07 bits per heavy atom. The van der Waals surface area contributed by atoms with Gasteiger partial charge in [-0.1, -0.05) is 12.8 Å². The Labute approximate surface area is 168 Å². The van der Waals surface area contributed by atoms with Gasteiger partial charge in [0.15, 0.2) is 0 Å². The summed E-state index contributed by atoms with van der Waals surface area (Å²) in [5.74, 6) is -0.738.